The zero-order chi connectivity index (χ0) is 39.4. The van der Waals surface area contributed by atoms with Crippen LogP contribution in [0.5, 0.6) is 0 Å². The van der Waals surface area contributed by atoms with Gasteiger partial charge in [-0.05, 0) is 134 Å². The Hall–Kier alpha value is -5.43. The van der Waals surface area contributed by atoms with Crippen LogP contribution in [-0.2, 0) is 36.1 Å². The molecule has 55 heavy (non-hydrogen) atoms. The Morgan fingerprint density at radius 3 is 1.76 bits per heavy atom. The number of ether oxygens (including phenoxy) is 2. The van der Waals surface area contributed by atoms with E-state index in [1.807, 2.05) is 12.1 Å². The molecule has 0 saturated heterocycles. The maximum absolute atomic E-state index is 14.2. The first-order chi connectivity index (χ1) is 26.0. The standard InChI is InChI=1S/C48H45F3O4/c1-28(2)44(52)54-22-8-20-47(21-9-23-55-45(53)29(3)4)40-19-15-34(48(49,50)51)27-39(40)37-17-13-31(26-41(37)47)36-16-12-30-10-11-32-24-35(46(5,6)7)25-33-14-18-38(36)43(30)42(32)33/h10-19,24-27H,1,3,8-9,20-23H2,2,4-7H3. The number of fused-ring (bicyclic) bond motifs is 3. The Bertz CT molecular complexity index is 2460. The molecule has 6 aromatic carbocycles. The predicted molar refractivity (Wildman–Crippen MR) is 216 cm³/mol. The van der Waals surface area contributed by atoms with Gasteiger partial charge < -0.3 is 9.47 Å². The number of hydrogen-bond donors (Lipinski definition) is 0. The van der Waals surface area contributed by atoms with E-state index in [9.17, 15) is 22.8 Å². The molecule has 0 bridgehead atoms. The van der Waals surface area contributed by atoms with Crippen LogP contribution in [0.4, 0.5) is 13.2 Å². The topological polar surface area (TPSA) is 52.6 Å². The van der Waals surface area contributed by atoms with E-state index < -0.39 is 29.1 Å². The number of carbonyl (C=O) groups is 2. The molecule has 0 unspecified atom stereocenters. The van der Waals surface area contributed by atoms with E-state index in [2.05, 4.69) is 88.5 Å². The highest BCUT2D eigenvalue weighted by Gasteiger charge is 2.44. The van der Waals surface area contributed by atoms with E-state index >= 15 is 0 Å². The van der Waals surface area contributed by atoms with Gasteiger partial charge in [0.05, 0.1) is 18.8 Å². The molecule has 282 valence electrons. The lowest BCUT2D eigenvalue weighted by Gasteiger charge is -2.33. The van der Waals surface area contributed by atoms with Crippen molar-refractivity contribution in [2.45, 2.75) is 77.3 Å². The van der Waals surface area contributed by atoms with E-state index in [0.717, 1.165) is 44.7 Å². The summed E-state index contributed by atoms with van der Waals surface area (Å²) in [6.07, 6.45) is -2.67. The van der Waals surface area contributed by atoms with Crippen LogP contribution in [0.3, 0.4) is 0 Å². The summed E-state index contributed by atoms with van der Waals surface area (Å²) in [7, 11) is 0. The Kier molecular flexibility index (Phi) is 9.65. The average Bonchev–Trinajstić information content (AvgIpc) is 3.41. The minimum Gasteiger partial charge on any atom is -0.462 e. The molecule has 7 heteroatoms. The van der Waals surface area contributed by atoms with E-state index in [4.69, 9.17) is 9.47 Å². The Balaban J connectivity index is 1.39. The summed E-state index contributed by atoms with van der Waals surface area (Å²) in [4.78, 5) is 24.6. The average molecular weight is 743 g/mol. The number of halogens is 3. The van der Waals surface area contributed by atoms with Gasteiger partial charge in [-0.2, -0.15) is 13.2 Å². The monoisotopic (exact) mass is 742 g/mol. The van der Waals surface area contributed by atoms with Gasteiger partial charge in [-0.25, -0.2) is 9.59 Å². The predicted octanol–water partition coefficient (Wildman–Crippen LogP) is 12.6. The van der Waals surface area contributed by atoms with E-state index in [0.29, 0.717) is 31.2 Å². The Morgan fingerprint density at radius 1 is 0.618 bits per heavy atom. The minimum absolute atomic E-state index is 0.0104. The first-order valence-corrected chi connectivity index (χ1v) is 18.7. The summed E-state index contributed by atoms with van der Waals surface area (Å²) in [5.74, 6) is -0.984. The lowest BCUT2D eigenvalue weighted by Crippen LogP contribution is -2.27. The van der Waals surface area contributed by atoms with Crippen LogP contribution in [-0.4, -0.2) is 25.2 Å². The smallest absolute Gasteiger partial charge is 0.416 e. The molecular weight excluding hydrogens is 698 g/mol. The molecule has 1 aliphatic rings. The normalized spacial score (nSPS) is 13.6. The lowest BCUT2D eigenvalue weighted by molar-refractivity contribution is -0.139. The summed E-state index contributed by atoms with van der Waals surface area (Å²) in [5.41, 5.74) is 5.26. The number of carbonyl (C=O) groups excluding carboxylic acids is 2. The molecule has 0 heterocycles. The molecule has 0 spiro atoms. The molecule has 0 atom stereocenters. The van der Waals surface area contributed by atoms with Crippen molar-refractivity contribution in [1.29, 1.82) is 0 Å². The molecule has 7 rings (SSSR count). The van der Waals surface area contributed by atoms with Crippen LogP contribution >= 0.6 is 0 Å². The van der Waals surface area contributed by atoms with Gasteiger partial charge in [0.1, 0.15) is 0 Å². The molecule has 0 fully saturated rings. The van der Waals surface area contributed by atoms with Crippen LogP contribution in [0.1, 0.15) is 82.6 Å². The van der Waals surface area contributed by atoms with Gasteiger partial charge in [0.25, 0.3) is 0 Å². The van der Waals surface area contributed by atoms with Gasteiger partial charge in [0.2, 0.25) is 0 Å². The van der Waals surface area contributed by atoms with Crippen LogP contribution in [0.15, 0.2) is 109 Å². The fourth-order valence-corrected chi connectivity index (χ4v) is 8.34. The quantitative estimate of drug-likeness (QED) is 0.0574. The van der Waals surface area contributed by atoms with Crippen molar-refractivity contribution in [2.24, 2.45) is 0 Å². The molecule has 0 N–H and O–H groups in total. The summed E-state index contributed by atoms with van der Waals surface area (Å²) in [6.45, 7) is 17.4. The van der Waals surface area contributed by atoms with Crippen LogP contribution < -0.4 is 0 Å². The summed E-state index contributed by atoms with van der Waals surface area (Å²) < 4.78 is 53.5. The van der Waals surface area contributed by atoms with Crippen molar-refractivity contribution in [3.05, 3.63) is 131 Å². The summed E-state index contributed by atoms with van der Waals surface area (Å²) in [5, 5.41) is 6.98. The first kappa shape index (κ1) is 37.9. The molecule has 6 aromatic rings. The van der Waals surface area contributed by atoms with Crippen molar-refractivity contribution in [1.82, 2.24) is 0 Å². The highest BCUT2D eigenvalue weighted by atomic mass is 19.4. The van der Waals surface area contributed by atoms with Crippen molar-refractivity contribution < 1.29 is 32.2 Å². The number of rotatable bonds is 11. The third kappa shape index (κ3) is 6.90. The second-order valence-corrected chi connectivity index (χ2v) is 16.1. The van der Waals surface area contributed by atoms with Gasteiger partial charge in [-0.15, -0.1) is 0 Å². The van der Waals surface area contributed by atoms with Crippen molar-refractivity contribution >= 4 is 44.3 Å². The highest BCUT2D eigenvalue weighted by molar-refractivity contribution is 6.25. The first-order valence-electron chi connectivity index (χ1n) is 18.7. The molecule has 0 radical (unpaired) electrons. The second-order valence-electron chi connectivity index (χ2n) is 16.1. The van der Waals surface area contributed by atoms with Gasteiger partial charge in [0.15, 0.2) is 0 Å². The van der Waals surface area contributed by atoms with Crippen LogP contribution in [0.25, 0.3) is 54.6 Å². The largest absolute Gasteiger partial charge is 0.462 e. The third-order valence-corrected chi connectivity index (χ3v) is 11.1. The molecule has 0 aromatic heterocycles. The number of hydrogen-bond acceptors (Lipinski definition) is 4. The minimum atomic E-state index is -4.52. The summed E-state index contributed by atoms with van der Waals surface area (Å²) in [6, 6.07) is 27.6. The SMILES string of the molecule is C=C(C)C(=O)OCCCC1(CCCOC(=O)C(=C)C)c2ccc(C(F)(F)F)cc2-c2ccc(-c3ccc4ccc5cc(C(C)(C)C)cc6ccc3c4c56)cc21. The molecule has 1 aliphatic carbocycles. The summed E-state index contributed by atoms with van der Waals surface area (Å²) >= 11 is 0. The molecule has 0 aliphatic heterocycles. The number of alkyl halides is 3. The maximum atomic E-state index is 14.2. The van der Waals surface area contributed by atoms with Gasteiger partial charge in [0, 0.05) is 16.6 Å². The van der Waals surface area contributed by atoms with E-state index in [1.54, 1.807) is 19.9 Å². The Labute approximate surface area is 320 Å². The van der Waals surface area contributed by atoms with Gasteiger partial charge in [-0.1, -0.05) is 101 Å². The third-order valence-electron chi connectivity index (χ3n) is 11.1. The fourth-order valence-electron chi connectivity index (χ4n) is 8.34. The fraction of sp³-hybridized carbons (Fsp3) is 0.292. The van der Waals surface area contributed by atoms with Crippen LogP contribution in [0.2, 0.25) is 0 Å². The molecule has 0 saturated carbocycles. The molecular formula is C48H45F3O4. The Morgan fingerprint density at radius 2 is 1.18 bits per heavy atom. The zero-order valence-corrected chi connectivity index (χ0v) is 32.0. The second kappa shape index (κ2) is 14.0. The maximum Gasteiger partial charge on any atom is 0.416 e. The molecule has 0 amide bonds. The zero-order valence-electron chi connectivity index (χ0n) is 32.0. The lowest BCUT2D eigenvalue weighted by atomic mass is 9.71. The van der Waals surface area contributed by atoms with Crippen molar-refractivity contribution in [2.75, 3.05) is 13.2 Å². The number of benzene rings is 6. The van der Waals surface area contributed by atoms with E-state index in [-0.39, 0.29) is 29.8 Å². The van der Waals surface area contributed by atoms with Gasteiger partial charge in [-0.3, -0.25) is 0 Å². The van der Waals surface area contributed by atoms with Crippen molar-refractivity contribution in [3.8, 4) is 22.3 Å². The van der Waals surface area contributed by atoms with E-state index in [1.165, 1.54) is 33.2 Å². The van der Waals surface area contributed by atoms with Gasteiger partial charge >= 0.3 is 18.1 Å². The van der Waals surface area contributed by atoms with Crippen LogP contribution in [0, 0.1) is 0 Å². The number of esters is 2. The highest BCUT2D eigenvalue weighted by Crippen LogP contribution is 2.56. The van der Waals surface area contributed by atoms with Crippen molar-refractivity contribution in [3.63, 3.8) is 0 Å². The molecule has 4 nitrogen and oxygen atoms in total.